The number of piperazine rings is 1. The largest absolute Gasteiger partial charge is 0.459 e. The van der Waals surface area contributed by atoms with Gasteiger partial charge in [0.25, 0.3) is 5.91 Å². The zero-order valence-electron chi connectivity index (χ0n) is 13.7. The van der Waals surface area contributed by atoms with E-state index in [2.05, 4.69) is 5.32 Å². The molecule has 0 unspecified atom stereocenters. The Labute approximate surface area is 141 Å². The first-order valence-electron chi connectivity index (χ1n) is 8.57. The Morgan fingerprint density at radius 3 is 2.29 bits per heavy atom. The van der Waals surface area contributed by atoms with Crippen LogP contribution in [0.1, 0.15) is 42.7 Å². The number of carbonyl (C=O) groups excluding carboxylic acids is 3. The van der Waals surface area contributed by atoms with Crippen molar-refractivity contribution in [1.82, 2.24) is 15.1 Å². The second-order valence-corrected chi connectivity index (χ2v) is 6.37. The minimum Gasteiger partial charge on any atom is -0.459 e. The van der Waals surface area contributed by atoms with Gasteiger partial charge < -0.3 is 19.5 Å². The van der Waals surface area contributed by atoms with Crippen molar-refractivity contribution < 1.29 is 18.8 Å². The number of furan rings is 1. The summed E-state index contributed by atoms with van der Waals surface area (Å²) in [4.78, 5) is 39.7. The highest BCUT2D eigenvalue weighted by Gasteiger charge is 2.30. The second kappa shape index (κ2) is 7.51. The van der Waals surface area contributed by atoms with Crippen LogP contribution in [0.4, 0.5) is 0 Å². The molecular weight excluding hydrogens is 310 g/mol. The van der Waals surface area contributed by atoms with E-state index in [1.807, 2.05) is 0 Å². The Morgan fingerprint density at radius 1 is 1.00 bits per heavy atom. The summed E-state index contributed by atoms with van der Waals surface area (Å²) >= 11 is 0. The summed E-state index contributed by atoms with van der Waals surface area (Å²) in [7, 11) is 0. The topological polar surface area (TPSA) is 82.9 Å². The molecule has 2 heterocycles. The molecule has 1 aliphatic heterocycles. The molecule has 1 N–H and O–H groups in total. The summed E-state index contributed by atoms with van der Waals surface area (Å²) < 4.78 is 5.11. The van der Waals surface area contributed by atoms with E-state index in [9.17, 15) is 14.4 Å². The third-order valence-electron chi connectivity index (χ3n) is 4.72. The number of hydrogen-bond acceptors (Lipinski definition) is 4. The quantitative estimate of drug-likeness (QED) is 0.819. The van der Waals surface area contributed by atoms with Crippen LogP contribution in [-0.2, 0) is 9.59 Å². The van der Waals surface area contributed by atoms with E-state index in [0.717, 1.165) is 25.7 Å². The van der Waals surface area contributed by atoms with E-state index in [1.54, 1.807) is 17.0 Å². The van der Waals surface area contributed by atoms with E-state index in [1.165, 1.54) is 17.6 Å². The van der Waals surface area contributed by atoms with Crippen LogP contribution < -0.4 is 5.32 Å². The first-order chi connectivity index (χ1) is 11.6. The van der Waals surface area contributed by atoms with Gasteiger partial charge in [-0.15, -0.1) is 0 Å². The first-order valence-corrected chi connectivity index (χ1v) is 8.57. The highest BCUT2D eigenvalue weighted by Crippen LogP contribution is 2.17. The highest BCUT2D eigenvalue weighted by atomic mass is 16.3. The van der Waals surface area contributed by atoms with Gasteiger partial charge in [-0.2, -0.15) is 0 Å². The van der Waals surface area contributed by atoms with E-state index < -0.39 is 11.8 Å². The molecule has 1 aromatic heterocycles. The molecule has 24 heavy (non-hydrogen) atoms. The number of hydrogen-bond donors (Lipinski definition) is 1. The first kappa shape index (κ1) is 16.5. The van der Waals surface area contributed by atoms with Crippen molar-refractivity contribution >= 4 is 17.7 Å². The Balaban J connectivity index is 1.47. The van der Waals surface area contributed by atoms with Crippen LogP contribution in [0.15, 0.2) is 22.8 Å². The fourth-order valence-corrected chi connectivity index (χ4v) is 3.31. The van der Waals surface area contributed by atoms with Crippen LogP contribution in [-0.4, -0.2) is 59.7 Å². The van der Waals surface area contributed by atoms with Crippen LogP contribution in [0.3, 0.4) is 0 Å². The lowest BCUT2D eigenvalue weighted by molar-refractivity contribution is -0.147. The summed E-state index contributed by atoms with van der Waals surface area (Å²) in [6.45, 7) is 1.54. The fourth-order valence-electron chi connectivity index (χ4n) is 3.31. The fraction of sp³-hybridized carbons (Fsp3) is 0.588. The molecule has 3 rings (SSSR count). The van der Waals surface area contributed by atoms with Crippen molar-refractivity contribution in [1.29, 1.82) is 0 Å². The molecule has 0 radical (unpaired) electrons. The summed E-state index contributed by atoms with van der Waals surface area (Å²) in [5.41, 5.74) is 0. The molecule has 0 aromatic carbocycles. The van der Waals surface area contributed by atoms with Gasteiger partial charge >= 0.3 is 11.8 Å². The maximum atomic E-state index is 12.3. The summed E-state index contributed by atoms with van der Waals surface area (Å²) in [5, 5.41) is 2.85. The number of nitrogens with zero attached hydrogens (tertiary/aromatic N) is 2. The third-order valence-corrected chi connectivity index (χ3v) is 4.72. The number of carbonyl (C=O) groups is 3. The Kier molecular flexibility index (Phi) is 5.17. The molecule has 1 aliphatic carbocycles. The number of rotatable bonds is 2. The van der Waals surface area contributed by atoms with Gasteiger partial charge in [-0.25, -0.2) is 0 Å². The molecule has 2 fully saturated rings. The molecule has 0 spiro atoms. The van der Waals surface area contributed by atoms with Gasteiger partial charge in [-0.3, -0.25) is 14.4 Å². The van der Waals surface area contributed by atoms with E-state index >= 15 is 0 Å². The van der Waals surface area contributed by atoms with Gasteiger partial charge in [0.05, 0.1) is 6.26 Å². The summed E-state index contributed by atoms with van der Waals surface area (Å²) in [5.74, 6) is -0.901. The molecule has 7 nitrogen and oxygen atoms in total. The van der Waals surface area contributed by atoms with Crippen molar-refractivity contribution in [3.63, 3.8) is 0 Å². The van der Waals surface area contributed by atoms with Crippen molar-refractivity contribution in [3.8, 4) is 0 Å². The van der Waals surface area contributed by atoms with Gasteiger partial charge in [0.15, 0.2) is 5.76 Å². The molecule has 0 atom stereocenters. The lowest BCUT2D eigenvalue weighted by atomic mass is 9.95. The SMILES string of the molecule is O=C(NC1CCCCC1)C(=O)N1CCN(C(=O)c2ccco2)CC1. The lowest BCUT2D eigenvalue weighted by Crippen LogP contribution is -2.54. The average Bonchev–Trinajstić information content (AvgIpc) is 3.16. The standard InChI is InChI=1S/C17H23N3O4/c21-15(18-13-5-2-1-3-6-13)17(23)20-10-8-19(9-11-20)16(22)14-7-4-12-24-14/h4,7,12-13H,1-3,5-6,8-11H2,(H,18,21). The summed E-state index contributed by atoms with van der Waals surface area (Å²) in [6, 6.07) is 3.41. The number of amides is 3. The molecule has 1 aromatic rings. The van der Waals surface area contributed by atoms with Crippen LogP contribution in [0.25, 0.3) is 0 Å². The molecule has 3 amide bonds. The van der Waals surface area contributed by atoms with Crippen LogP contribution in [0.5, 0.6) is 0 Å². The average molecular weight is 333 g/mol. The second-order valence-electron chi connectivity index (χ2n) is 6.37. The highest BCUT2D eigenvalue weighted by molar-refractivity contribution is 6.35. The van der Waals surface area contributed by atoms with E-state index in [-0.39, 0.29) is 11.9 Å². The van der Waals surface area contributed by atoms with Gasteiger partial charge in [0.2, 0.25) is 0 Å². The van der Waals surface area contributed by atoms with Gasteiger partial charge in [-0.05, 0) is 25.0 Å². The molecular formula is C17H23N3O4. The normalized spacial score (nSPS) is 19.2. The molecule has 0 bridgehead atoms. The van der Waals surface area contributed by atoms with Gasteiger partial charge in [0.1, 0.15) is 0 Å². The molecule has 1 saturated heterocycles. The van der Waals surface area contributed by atoms with Crippen LogP contribution in [0, 0.1) is 0 Å². The van der Waals surface area contributed by atoms with Crippen LogP contribution >= 0.6 is 0 Å². The Bertz CT molecular complexity index is 585. The predicted molar refractivity (Wildman–Crippen MR) is 86.2 cm³/mol. The zero-order valence-corrected chi connectivity index (χ0v) is 13.7. The van der Waals surface area contributed by atoms with Crippen molar-refractivity contribution in [2.24, 2.45) is 0 Å². The van der Waals surface area contributed by atoms with Crippen molar-refractivity contribution in [2.75, 3.05) is 26.2 Å². The maximum absolute atomic E-state index is 12.3. The third kappa shape index (κ3) is 3.77. The monoisotopic (exact) mass is 333 g/mol. The van der Waals surface area contributed by atoms with E-state index in [4.69, 9.17) is 4.42 Å². The minimum absolute atomic E-state index is 0.122. The minimum atomic E-state index is -0.521. The smallest absolute Gasteiger partial charge is 0.312 e. The number of nitrogens with one attached hydrogen (secondary N) is 1. The molecule has 2 aliphatic rings. The molecule has 7 heteroatoms. The Morgan fingerprint density at radius 2 is 1.67 bits per heavy atom. The molecule has 130 valence electrons. The van der Waals surface area contributed by atoms with Gasteiger partial charge in [-0.1, -0.05) is 19.3 Å². The lowest BCUT2D eigenvalue weighted by Gasteiger charge is -2.34. The molecule has 1 saturated carbocycles. The van der Waals surface area contributed by atoms with E-state index in [0.29, 0.717) is 31.9 Å². The van der Waals surface area contributed by atoms with Crippen molar-refractivity contribution in [3.05, 3.63) is 24.2 Å². The predicted octanol–water partition coefficient (Wildman–Crippen LogP) is 1.01. The van der Waals surface area contributed by atoms with Crippen molar-refractivity contribution in [2.45, 2.75) is 38.1 Å². The van der Waals surface area contributed by atoms with Gasteiger partial charge in [0, 0.05) is 32.2 Å². The summed E-state index contributed by atoms with van der Waals surface area (Å²) in [6.07, 6.45) is 6.77. The Hall–Kier alpha value is -2.31. The maximum Gasteiger partial charge on any atom is 0.312 e. The van der Waals surface area contributed by atoms with Crippen LogP contribution in [0.2, 0.25) is 0 Å². The zero-order chi connectivity index (χ0) is 16.9.